The lowest BCUT2D eigenvalue weighted by Gasteiger charge is -2.07. The first-order valence-electron chi connectivity index (χ1n) is 7.07. The molecule has 1 heterocycles. The van der Waals surface area contributed by atoms with E-state index >= 15 is 0 Å². The van der Waals surface area contributed by atoms with E-state index in [-0.39, 0.29) is 0 Å². The quantitative estimate of drug-likeness (QED) is 0.892. The Balaban J connectivity index is 1.73. The molecular weight excluding hydrogens is 234 g/mol. The maximum absolute atomic E-state index is 6.05. The maximum atomic E-state index is 6.05. The molecule has 3 heteroatoms. The Hall–Kier alpha value is -1.90. The minimum Gasteiger partial charge on any atom is -0.383 e. The lowest BCUT2D eigenvalue weighted by Crippen LogP contribution is -2.02. The van der Waals surface area contributed by atoms with Gasteiger partial charge >= 0.3 is 0 Å². The van der Waals surface area contributed by atoms with Crippen molar-refractivity contribution >= 4 is 5.82 Å². The first-order chi connectivity index (χ1) is 9.31. The number of nitrogens with zero attached hydrogens (tertiary/aromatic N) is 2. The summed E-state index contributed by atoms with van der Waals surface area (Å²) < 4.78 is 0. The minimum absolute atomic E-state index is 0.670. The second kappa shape index (κ2) is 4.05. The van der Waals surface area contributed by atoms with Gasteiger partial charge in [0, 0.05) is 16.8 Å². The van der Waals surface area contributed by atoms with Crippen LogP contribution < -0.4 is 5.73 Å². The van der Waals surface area contributed by atoms with Crippen LogP contribution in [-0.2, 0) is 12.8 Å². The Morgan fingerprint density at radius 1 is 1.00 bits per heavy atom. The van der Waals surface area contributed by atoms with E-state index < -0.39 is 0 Å². The van der Waals surface area contributed by atoms with Gasteiger partial charge in [-0.05, 0) is 43.6 Å². The predicted octanol–water partition coefficient (Wildman–Crippen LogP) is 3.09. The van der Waals surface area contributed by atoms with Crippen LogP contribution in [-0.4, -0.2) is 9.97 Å². The van der Waals surface area contributed by atoms with Crippen LogP contribution in [0.15, 0.2) is 24.3 Å². The van der Waals surface area contributed by atoms with Crippen LogP contribution in [0.4, 0.5) is 5.82 Å². The summed E-state index contributed by atoms with van der Waals surface area (Å²) in [6.45, 7) is 0. The van der Waals surface area contributed by atoms with Gasteiger partial charge < -0.3 is 5.73 Å². The summed E-state index contributed by atoms with van der Waals surface area (Å²) in [4.78, 5) is 9.16. The van der Waals surface area contributed by atoms with Gasteiger partial charge in [-0.1, -0.05) is 24.3 Å². The highest BCUT2D eigenvalue weighted by molar-refractivity contribution is 5.60. The fraction of sp³-hybridized carbons (Fsp3) is 0.375. The van der Waals surface area contributed by atoms with Gasteiger partial charge in [0.1, 0.15) is 5.82 Å². The number of hydrogen-bond donors (Lipinski definition) is 1. The molecule has 0 saturated heterocycles. The van der Waals surface area contributed by atoms with Crippen molar-refractivity contribution in [3.8, 4) is 11.4 Å². The fourth-order valence-electron chi connectivity index (χ4n) is 2.91. The molecule has 4 rings (SSSR count). The van der Waals surface area contributed by atoms with Gasteiger partial charge in [-0.3, -0.25) is 0 Å². The van der Waals surface area contributed by atoms with E-state index in [2.05, 4.69) is 34.2 Å². The van der Waals surface area contributed by atoms with Gasteiger partial charge in [0.2, 0.25) is 0 Å². The molecule has 0 unspecified atom stereocenters. The summed E-state index contributed by atoms with van der Waals surface area (Å²) in [6.07, 6.45) is 5.89. The Bertz CT molecular complexity index is 627. The molecule has 2 N–H and O–H groups in total. The van der Waals surface area contributed by atoms with Crippen molar-refractivity contribution in [3.63, 3.8) is 0 Å². The van der Waals surface area contributed by atoms with Crippen LogP contribution in [0.25, 0.3) is 11.4 Å². The summed E-state index contributed by atoms with van der Waals surface area (Å²) in [6, 6.07) is 8.67. The summed E-state index contributed by atoms with van der Waals surface area (Å²) in [5, 5.41) is 0. The second-order valence-electron chi connectivity index (χ2n) is 5.61. The van der Waals surface area contributed by atoms with Crippen molar-refractivity contribution in [2.75, 3.05) is 5.73 Å². The lowest BCUT2D eigenvalue weighted by molar-refractivity contribution is 0.900. The fourth-order valence-corrected chi connectivity index (χ4v) is 2.91. The molecule has 0 atom stereocenters. The summed E-state index contributed by atoms with van der Waals surface area (Å²) in [5.74, 6) is 2.24. The van der Waals surface area contributed by atoms with Crippen LogP contribution in [0.1, 0.15) is 42.0 Å². The Kier molecular flexibility index (Phi) is 2.34. The second-order valence-corrected chi connectivity index (χ2v) is 5.61. The molecule has 3 nitrogen and oxygen atoms in total. The molecule has 19 heavy (non-hydrogen) atoms. The van der Waals surface area contributed by atoms with E-state index in [1.807, 2.05) is 0 Å². The Morgan fingerprint density at radius 2 is 1.79 bits per heavy atom. The number of hydrogen-bond acceptors (Lipinski definition) is 3. The van der Waals surface area contributed by atoms with Crippen LogP contribution in [0.2, 0.25) is 0 Å². The van der Waals surface area contributed by atoms with Crippen LogP contribution in [0.3, 0.4) is 0 Å². The zero-order valence-corrected chi connectivity index (χ0v) is 10.9. The number of nitrogen functional groups attached to an aromatic ring is 1. The number of aryl methyl sites for hydroxylation is 1. The molecule has 1 saturated carbocycles. The van der Waals surface area contributed by atoms with Crippen LogP contribution in [0, 0.1) is 0 Å². The highest BCUT2D eigenvalue weighted by atomic mass is 15.0. The van der Waals surface area contributed by atoms with E-state index in [4.69, 9.17) is 5.73 Å². The maximum Gasteiger partial charge on any atom is 0.161 e. The molecule has 1 fully saturated rings. The third kappa shape index (κ3) is 1.89. The Morgan fingerprint density at radius 3 is 2.53 bits per heavy atom. The first kappa shape index (κ1) is 11.0. The molecule has 2 aliphatic carbocycles. The highest BCUT2D eigenvalue weighted by Crippen LogP contribution is 2.40. The number of benzene rings is 1. The summed E-state index contributed by atoms with van der Waals surface area (Å²) in [5.41, 5.74) is 10.9. The summed E-state index contributed by atoms with van der Waals surface area (Å²) >= 11 is 0. The van der Waals surface area contributed by atoms with Gasteiger partial charge in [-0.2, -0.15) is 0 Å². The molecule has 1 aromatic heterocycles. The molecule has 0 amide bonds. The normalized spacial score (nSPS) is 17.5. The predicted molar refractivity (Wildman–Crippen MR) is 75.9 cm³/mol. The number of rotatable bonds is 2. The molecule has 2 aromatic rings. The smallest absolute Gasteiger partial charge is 0.161 e. The average Bonchev–Trinajstić information content (AvgIpc) is 3.17. The van der Waals surface area contributed by atoms with E-state index in [9.17, 15) is 0 Å². The minimum atomic E-state index is 0.670. The zero-order chi connectivity index (χ0) is 12.8. The number of aromatic nitrogens is 2. The first-order valence-corrected chi connectivity index (χ1v) is 7.07. The Labute approximate surface area is 112 Å². The van der Waals surface area contributed by atoms with Crippen molar-refractivity contribution in [1.29, 1.82) is 0 Å². The molecule has 0 bridgehead atoms. The van der Waals surface area contributed by atoms with E-state index in [1.54, 1.807) is 0 Å². The molecule has 0 radical (unpaired) electrons. The third-order valence-corrected chi connectivity index (χ3v) is 4.18. The number of nitrogens with two attached hydrogens (primary N) is 1. The van der Waals surface area contributed by atoms with Crippen LogP contribution >= 0.6 is 0 Å². The van der Waals surface area contributed by atoms with Crippen molar-refractivity contribution in [2.45, 2.75) is 38.0 Å². The van der Waals surface area contributed by atoms with Gasteiger partial charge in [-0.25, -0.2) is 9.97 Å². The molecule has 0 aliphatic heterocycles. The van der Waals surface area contributed by atoms with Crippen molar-refractivity contribution < 1.29 is 0 Å². The van der Waals surface area contributed by atoms with Gasteiger partial charge in [0.25, 0.3) is 0 Å². The van der Waals surface area contributed by atoms with Gasteiger partial charge in [-0.15, -0.1) is 0 Å². The highest BCUT2D eigenvalue weighted by Gasteiger charge is 2.23. The monoisotopic (exact) mass is 251 g/mol. The topological polar surface area (TPSA) is 51.8 Å². The van der Waals surface area contributed by atoms with E-state index in [0.717, 1.165) is 42.3 Å². The molecule has 0 spiro atoms. The molecule has 1 aromatic carbocycles. The molecular formula is C16H17N3. The summed E-state index contributed by atoms with van der Waals surface area (Å²) in [7, 11) is 0. The van der Waals surface area contributed by atoms with E-state index in [0.29, 0.717) is 5.82 Å². The van der Waals surface area contributed by atoms with Crippen molar-refractivity contribution in [3.05, 3.63) is 41.1 Å². The van der Waals surface area contributed by atoms with Gasteiger partial charge in [0.05, 0.1) is 0 Å². The third-order valence-electron chi connectivity index (χ3n) is 4.18. The van der Waals surface area contributed by atoms with Crippen molar-refractivity contribution in [1.82, 2.24) is 9.97 Å². The van der Waals surface area contributed by atoms with Crippen LogP contribution in [0.5, 0.6) is 0 Å². The average molecular weight is 251 g/mol. The molecule has 2 aliphatic rings. The molecule has 96 valence electrons. The standard InChI is InChI=1S/C16H17N3/c17-15-13-2-1-3-14(13)18-16(19-15)12-8-6-11(7-9-12)10-4-5-10/h6-10H,1-5H2,(H2,17,18,19). The van der Waals surface area contributed by atoms with Crippen molar-refractivity contribution in [2.24, 2.45) is 0 Å². The number of fused-ring (bicyclic) bond motifs is 1. The van der Waals surface area contributed by atoms with E-state index in [1.165, 1.54) is 24.0 Å². The number of anilines is 1. The van der Waals surface area contributed by atoms with Gasteiger partial charge in [0.15, 0.2) is 5.82 Å². The zero-order valence-electron chi connectivity index (χ0n) is 10.9. The SMILES string of the molecule is Nc1nc(-c2ccc(C3CC3)cc2)nc2c1CCC2. The lowest BCUT2D eigenvalue weighted by atomic mass is 10.1. The largest absolute Gasteiger partial charge is 0.383 e.